The summed E-state index contributed by atoms with van der Waals surface area (Å²) < 4.78 is 5.47. The first-order chi connectivity index (χ1) is 8.92. The van der Waals surface area contributed by atoms with Crippen molar-refractivity contribution >= 4 is 17.6 Å². The summed E-state index contributed by atoms with van der Waals surface area (Å²) in [6.07, 6.45) is -0.0311. The second-order valence-electron chi connectivity index (χ2n) is 5.23. The molecule has 2 rings (SSSR count). The van der Waals surface area contributed by atoms with E-state index in [0.717, 1.165) is 0 Å². The zero-order valence-corrected chi connectivity index (χ0v) is 11.0. The van der Waals surface area contributed by atoms with Gasteiger partial charge in [0.25, 0.3) is 0 Å². The summed E-state index contributed by atoms with van der Waals surface area (Å²) in [5, 5.41) is 9.09. The third kappa shape index (κ3) is 2.70. The van der Waals surface area contributed by atoms with Crippen LogP contribution >= 0.6 is 0 Å². The Morgan fingerprint density at radius 3 is 2.74 bits per heavy atom. The van der Waals surface area contributed by atoms with Gasteiger partial charge in [-0.1, -0.05) is 12.1 Å². The molecule has 1 heterocycles. The van der Waals surface area contributed by atoms with Crippen molar-refractivity contribution in [2.45, 2.75) is 20.3 Å². The molecule has 0 unspecified atom stereocenters. The molecule has 0 saturated carbocycles. The molecular weight excluding hydrogens is 246 g/mol. The van der Waals surface area contributed by atoms with Gasteiger partial charge in [0.05, 0.1) is 17.6 Å². The van der Waals surface area contributed by atoms with Crippen LogP contribution in [-0.4, -0.2) is 30.1 Å². The maximum atomic E-state index is 12.3. The molecule has 102 valence electrons. The van der Waals surface area contributed by atoms with Crippen molar-refractivity contribution in [2.24, 2.45) is 5.41 Å². The van der Waals surface area contributed by atoms with E-state index < -0.39 is 11.4 Å². The van der Waals surface area contributed by atoms with Crippen LogP contribution in [0.1, 0.15) is 20.3 Å². The van der Waals surface area contributed by atoms with Crippen molar-refractivity contribution < 1.29 is 19.4 Å². The zero-order valence-electron chi connectivity index (χ0n) is 11.0. The van der Waals surface area contributed by atoms with Crippen molar-refractivity contribution in [1.29, 1.82) is 0 Å². The molecule has 0 radical (unpaired) electrons. The number of benzene rings is 1. The van der Waals surface area contributed by atoms with E-state index in [9.17, 15) is 9.59 Å². The maximum Gasteiger partial charge on any atom is 0.309 e. The van der Waals surface area contributed by atoms with Gasteiger partial charge >= 0.3 is 5.97 Å². The lowest BCUT2D eigenvalue weighted by Crippen LogP contribution is -2.41. The highest BCUT2D eigenvalue weighted by molar-refractivity contribution is 5.97. The summed E-state index contributed by atoms with van der Waals surface area (Å²) >= 11 is 0. The standard InChI is InChI=1S/C14H17NO4/c1-14(2,13(17)18)9-12(16)15-7-8-19-11-6-4-3-5-10(11)15/h3-6H,7-9H2,1-2H3,(H,17,18). The number of aliphatic carboxylic acids is 1. The molecule has 0 spiro atoms. The van der Waals surface area contributed by atoms with Crippen LogP contribution < -0.4 is 9.64 Å². The van der Waals surface area contributed by atoms with Gasteiger partial charge in [0.15, 0.2) is 0 Å². The summed E-state index contributed by atoms with van der Waals surface area (Å²) in [5.74, 6) is -0.499. The van der Waals surface area contributed by atoms with E-state index in [4.69, 9.17) is 9.84 Å². The Hall–Kier alpha value is -2.04. The Balaban J connectivity index is 2.20. The Kier molecular flexibility index (Phi) is 3.46. The number of ether oxygens (including phenoxy) is 1. The largest absolute Gasteiger partial charge is 0.490 e. The number of hydrogen-bond acceptors (Lipinski definition) is 3. The smallest absolute Gasteiger partial charge is 0.309 e. The molecule has 5 nitrogen and oxygen atoms in total. The van der Waals surface area contributed by atoms with Gasteiger partial charge in [0.2, 0.25) is 5.91 Å². The van der Waals surface area contributed by atoms with Crippen molar-refractivity contribution in [3.8, 4) is 5.75 Å². The number of carboxylic acid groups (broad SMARTS) is 1. The minimum atomic E-state index is -1.07. The second-order valence-corrected chi connectivity index (χ2v) is 5.23. The van der Waals surface area contributed by atoms with Crippen molar-refractivity contribution in [3.05, 3.63) is 24.3 Å². The molecular formula is C14H17NO4. The predicted molar refractivity (Wildman–Crippen MR) is 70.3 cm³/mol. The average molecular weight is 263 g/mol. The molecule has 0 aliphatic carbocycles. The van der Waals surface area contributed by atoms with Crippen molar-refractivity contribution in [3.63, 3.8) is 0 Å². The first kappa shape index (κ1) is 13.4. The van der Waals surface area contributed by atoms with Crippen LogP contribution in [0.4, 0.5) is 5.69 Å². The Labute approximate surface area is 111 Å². The monoisotopic (exact) mass is 263 g/mol. The van der Waals surface area contributed by atoms with E-state index in [2.05, 4.69) is 0 Å². The minimum absolute atomic E-state index is 0.0311. The van der Waals surface area contributed by atoms with Gasteiger partial charge in [-0.3, -0.25) is 9.59 Å². The third-order valence-electron chi connectivity index (χ3n) is 3.20. The quantitative estimate of drug-likeness (QED) is 0.904. The first-order valence-electron chi connectivity index (χ1n) is 6.17. The fourth-order valence-electron chi connectivity index (χ4n) is 1.98. The molecule has 5 heteroatoms. The van der Waals surface area contributed by atoms with Crippen LogP contribution in [0.5, 0.6) is 5.75 Å². The van der Waals surface area contributed by atoms with E-state index >= 15 is 0 Å². The lowest BCUT2D eigenvalue weighted by atomic mass is 9.89. The molecule has 1 aliphatic heterocycles. The number of nitrogens with zero attached hydrogens (tertiary/aromatic N) is 1. The molecule has 0 bridgehead atoms. The highest BCUT2D eigenvalue weighted by atomic mass is 16.5. The lowest BCUT2D eigenvalue weighted by Gasteiger charge is -2.31. The molecule has 1 N–H and O–H groups in total. The molecule has 0 fully saturated rings. The summed E-state index contributed by atoms with van der Waals surface area (Å²) in [6.45, 7) is 3.99. The highest BCUT2D eigenvalue weighted by Crippen LogP contribution is 2.33. The summed E-state index contributed by atoms with van der Waals surface area (Å²) in [7, 11) is 0. The molecule has 1 aliphatic rings. The second kappa shape index (κ2) is 4.91. The first-order valence-corrected chi connectivity index (χ1v) is 6.17. The number of hydrogen-bond donors (Lipinski definition) is 1. The summed E-state index contributed by atoms with van der Waals surface area (Å²) in [5.41, 5.74) is -0.357. The van der Waals surface area contributed by atoms with Crippen LogP contribution in [0.3, 0.4) is 0 Å². The van der Waals surface area contributed by atoms with E-state index in [1.54, 1.807) is 30.9 Å². The Morgan fingerprint density at radius 1 is 1.37 bits per heavy atom. The zero-order chi connectivity index (χ0) is 14.0. The predicted octanol–water partition coefficient (Wildman–Crippen LogP) is 1.91. The molecule has 0 aromatic heterocycles. The molecule has 1 aromatic carbocycles. The number of amides is 1. The average Bonchev–Trinajstić information content (AvgIpc) is 2.37. The third-order valence-corrected chi connectivity index (χ3v) is 3.20. The van der Waals surface area contributed by atoms with Crippen LogP contribution in [0.2, 0.25) is 0 Å². The summed E-state index contributed by atoms with van der Waals surface area (Å²) in [6, 6.07) is 7.28. The Morgan fingerprint density at radius 2 is 2.05 bits per heavy atom. The highest BCUT2D eigenvalue weighted by Gasteiger charge is 2.33. The molecule has 1 aromatic rings. The number of carbonyl (C=O) groups excluding carboxylic acids is 1. The molecule has 0 atom stereocenters. The Bertz CT molecular complexity index is 510. The molecule has 0 saturated heterocycles. The fraction of sp³-hybridized carbons (Fsp3) is 0.429. The number of carboxylic acids is 1. The summed E-state index contributed by atoms with van der Waals surface area (Å²) in [4.78, 5) is 25.0. The van der Waals surface area contributed by atoms with Crippen LogP contribution in [0.25, 0.3) is 0 Å². The van der Waals surface area contributed by atoms with Crippen LogP contribution in [0, 0.1) is 5.41 Å². The fourth-order valence-corrected chi connectivity index (χ4v) is 1.98. The van der Waals surface area contributed by atoms with E-state index in [1.807, 2.05) is 12.1 Å². The number of rotatable bonds is 3. The minimum Gasteiger partial charge on any atom is -0.490 e. The topological polar surface area (TPSA) is 66.8 Å². The number of para-hydroxylation sites is 2. The van der Waals surface area contributed by atoms with E-state index in [0.29, 0.717) is 24.6 Å². The van der Waals surface area contributed by atoms with Gasteiger partial charge in [0.1, 0.15) is 12.4 Å². The van der Waals surface area contributed by atoms with Crippen molar-refractivity contribution in [1.82, 2.24) is 0 Å². The molecule has 19 heavy (non-hydrogen) atoms. The van der Waals surface area contributed by atoms with Gasteiger partial charge in [0, 0.05) is 6.42 Å². The number of anilines is 1. The van der Waals surface area contributed by atoms with Gasteiger partial charge in [-0.2, -0.15) is 0 Å². The number of fused-ring (bicyclic) bond motifs is 1. The number of carbonyl (C=O) groups is 2. The van der Waals surface area contributed by atoms with Gasteiger partial charge in [-0.15, -0.1) is 0 Å². The van der Waals surface area contributed by atoms with Gasteiger partial charge in [-0.25, -0.2) is 0 Å². The van der Waals surface area contributed by atoms with E-state index in [-0.39, 0.29) is 12.3 Å². The van der Waals surface area contributed by atoms with E-state index in [1.165, 1.54) is 0 Å². The van der Waals surface area contributed by atoms with Crippen molar-refractivity contribution in [2.75, 3.05) is 18.1 Å². The molecule has 1 amide bonds. The maximum absolute atomic E-state index is 12.3. The van der Waals surface area contributed by atoms with Gasteiger partial charge in [-0.05, 0) is 26.0 Å². The normalized spacial score (nSPS) is 14.5. The lowest BCUT2D eigenvalue weighted by molar-refractivity contribution is -0.149. The SMILES string of the molecule is CC(C)(CC(=O)N1CCOc2ccccc21)C(=O)O. The van der Waals surface area contributed by atoms with Crippen LogP contribution in [-0.2, 0) is 9.59 Å². The van der Waals surface area contributed by atoms with Crippen LogP contribution in [0.15, 0.2) is 24.3 Å². The van der Waals surface area contributed by atoms with Gasteiger partial charge < -0.3 is 14.7 Å².